The molecule has 1 saturated heterocycles. The van der Waals surface area contributed by atoms with Gasteiger partial charge in [0.25, 0.3) is 0 Å². The monoisotopic (exact) mass is 292 g/mol. The molecule has 1 aromatic rings. The summed E-state index contributed by atoms with van der Waals surface area (Å²) in [4.78, 5) is 12.2. The fourth-order valence-corrected chi connectivity index (χ4v) is 2.61. The predicted octanol–water partition coefficient (Wildman–Crippen LogP) is 1.24. The minimum atomic E-state index is -0.470. The SMILES string of the molecule is COC(CNC(=O)C(N)C1CCOCC1)c1ccccc1. The number of hydrogen-bond acceptors (Lipinski definition) is 4. The van der Waals surface area contributed by atoms with E-state index in [1.807, 2.05) is 30.3 Å². The number of ether oxygens (including phenoxy) is 2. The first-order valence-electron chi connectivity index (χ1n) is 7.41. The van der Waals surface area contributed by atoms with Gasteiger partial charge in [-0.05, 0) is 24.3 Å². The number of carbonyl (C=O) groups excluding carboxylic acids is 1. The van der Waals surface area contributed by atoms with Gasteiger partial charge in [0.1, 0.15) is 0 Å². The molecule has 1 heterocycles. The number of nitrogens with one attached hydrogen (secondary N) is 1. The van der Waals surface area contributed by atoms with Gasteiger partial charge in [0.05, 0.1) is 12.1 Å². The second kappa shape index (κ2) is 8.12. The van der Waals surface area contributed by atoms with Gasteiger partial charge in [-0.2, -0.15) is 0 Å². The molecule has 116 valence electrons. The maximum absolute atomic E-state index is 12.2. The van der Waals surface area contributed by atoms with E-state index in [1.54, 1.807) is 7.11 Å². The molecule has 1 aliphatic heterocycles. The molecule has 5 heteroatoms. The van der Waals surface area contributed by atoms with Crippen molar-refractivity contribution in [3.05, 3.63) is 35.9 Å². The standard InChI is InChI=1S/C16H24N2O3/c1-20-14(12-5-3-2-4-6-12)11-18-16(19)15(17)13-7-9-21-10-8-13/h2-6,13-15H,7-11,17H2,1H3,(H,18,19). The first-order chi connectivity index (χ1) is 10.2. The minimum absolute atomic E-state index is 0.111. The Labute approximate surface area is 125 Å². The van der Waals surface area contributed by atoms with Gasteiger partial charge in [0.2, 0.25) is 5.91 Å². The molecule has 0 saturated carbocycles. The fourth-order valence-electron chi connectivity index (χ4n) is 2.61. The van der Waals surface area contributed by atoms with Crippen LogP contribution in [-0.2, 0) is 14.3 Å². The van der Waals surface area contributed by atoms with Crippen LogP contribution in [0.3, 0.4) is 0 Å². The Bertz CT molecular complexity index is 432. The van der Waals surface area contributed by atoms with Crippen LogP contribution >= 0.6 is 0 Å². The zero-order valence-corrected chi connectivity index (χ0v) is 12.5. The van der Waals surface area contributed by atoms with Gasteiger partial charge in [0, 0.05) is 26.9 Å². The first kappa shape index (κ1) is 15.9. The second-order valence-corrected chi connectivity index (χ2v) is 5.36. The van der Waals surface area contributed by atoms with Crippen LogP contribution in [-0.4, -0.2) is 38.8 Å². The van der Waals surface area contributed by atoms with Crippen molar-refractivity contribution in [2.24, 2.45) is 11.7 Å². The highest BCUT2D eigenvalue weighted by molar-refractivity contribution is 5.81. The average Bonchev–Trinajstić information content (AvgIpc) is 2.56. The van der Waals surface area contributed by atoms with E-state index >= 15 is 0 Å². The van der Waals surface area contributed by atoms with Gasteiger partial charge in [-0.15, -0.1) is 0 Å². The molecule has 0 spiro atoms. The molecule has 1 aromatic carbocycles. The highest BCUT2D eigenvalue weighted by Crippen LogP contribution is 2.18. The number of methoxy groups -OCH3 is 1. The van der Waals surface area contributed by atoms with Crippen molar-refractivity contribution in [2.75, 3.05) is 26.9 Å². The highest BCUT2D eigenvalue weighted by Gasteiger charge is 2.26. The van der Waals surface area contributed by atoms with E-state index in [4.69, 9.17) is 15.2 Å². The van der Waals surface area contributed by atoms with Crippen molar-refractivity contribution in [2.45, 2.75) is 25.0 Å². The van der Waals surface area contributed by atoms with Crippen LogP contribution in [0.2, 0.25) is 0 Å². The lowest BCUT2D eigenvalue weighted by molar-refractivity contribution is -0.124. The maximum atomic E-state index is 12.2. The quantitative estimate of drug-likeness (QED) is 0.827. The summed E-state index contributed by atoms with van der Waals surface area (Å²) < 4.78 is 10.7. The maximum Gasteiger partial charge on any atom is 0.237 e. The number of hydrogen-bond donors (Lipinski definition) is 2. The van der Waals surface area contributed by atoms with E-state index in [-0.39, 0.29) is 17.9 Å². The zero-order valence-electron chi connectivity index (χ0n) is 12.5. The Morgan fingerprint density at radius 2 is 2.05 bits per heavy atom. The summed E-state index contributed by atoms with van der Waals surface area (Å²) in [7, 11) is 1.64. The summed E-state index contributed by atoms with van der Waals surface area (Å²) in [6.07, 6.45) is 1.54. The first-order valence-corrected chi connectivity index (χ1v) is 7.41. The Kier molecular flexibility index (Phi) is 6.17. The van der Waals surface area contributed by atoms with Gasteiger partial charge in [-0.25, -0.2) is 0 Å². The summed E-state index contributed by atoms with van der Waals surface area (Å²) in [5.41, 5.74) is 7.09. The molecule has 1 fully saturated rings. The van der Waals surface area contributed by atoms with E-state index in [0.29, 0.717) is 19.8 Å². The fraction of sp³-hybridized carbons (Fsp3) is 0.562. The molecule has 0 bridgehead atoms. The van der Waals surface area contributed by atoms with Gasteiger partial charge < -0.3 is 20.5 Å². The van der Waals surface area contributed by atoms with E-state index < -0.39 is 6.04 Å². The molecular weight excluding hydrogens is 268 g/mol. The normalized spacial score (nSPS) is 19.0. The third kappa shape index (κ3) is 4.52. The molecule has 2 atom stereocenters. The summed E-state index contributed by atoms with van der Waals surface area (Å²) in [6.45, 7) is 1.81. The minimum Gasteiger partial charge on any atom is -0.381 e. The molecule has 0 aromatic heterocycles. The average molecular weight is 292 g/mol. The molecule has 1 amide bonds. The van der Waals surface area contributed by atoms with E-state index in [2.05, 4.69) is 5.32 Å². The topological polar surface area (TPSA) is 73.6 Å². The van der Waals surface area contributed by atoms with Crippen LogP contribution < -0.4 is 11.1 Å². The van der Waals surface area contributed by atoms with Crippen LogP contribution in [0, 0.1) is 5.92 Å². The van der Waals surface area contributed by atoms with Crippen molar-refractivity contribution in [1.29, 1.82) is 0 Å². The summed E-state index contributed by atoms with van der Waals surface area (Å²) in [5.74, 6) is 0.0938. The van der Waals surface area contributed by atoms with Crippen molar-refractivity contribution < 1.29 is 14.3 Å². The Hall–Kier alpha value is -1.43. The summed E-state index contributed by atoms with van der Waals surface area (Å²) >= 11 is 0. The second-order valence-electron chi connectivity index (χ2n) is 5.36. The van der Waals surface area contributed by atoms with E-state index in [1.165, 1.54) is 0 Å². The number of nitrogens with two attached hydrogens (primary N) is 1. The third-order valence-corrected chi connectivity index (χ3v) is 3.99. The lowest BCUT2D eigenvalue weighted by atomic mass is 9.92. The Morgan fingerprint density at radius 1 is 1.38 bits per heavy atom. The van der Waals surface area contributed by atoms with Crippen LogP contribution in [0.4, 0.5) is 0 Å². The number of benzene rings is 1. The predicted molar refractivity (Wildman–Crippen MR) is 80.7 cm³/mol. The smallest absolute Gasteiger partial charge is 0.237 e. The van der Waals surface area contributed by atoms with Crippen LogP contribution in [0.15, 0.2) is 30.3 Å². The molecule has 2 rings (SSSR count). The molecule has 2 unspecified atom stereocenters. The molecule has 1 aliphatic rings. The zero-order chi connectivity index (χ0) is 15.1. The van der Waals surface area contributed by atoms with Gasteiger partial charge in [-0.3, -0.25) is 4.79 Å². The Balaban J connectivity index is 1.84. The number of amides is 1. The lowest BCUT2D eigenvalue weighted by Crippen LogP contribution is -2.48. The Morgan fingerprint density at radius 3 is 2.67 bits per heavy atom. The number of rotatable bonds is 6. The van der Waals surface area contributed by atoms with Crippen LogP contribution in [0.25, 0.3) is 0 Å². The van der Waals surface area contributed by atoms with Gasteiger partial charge in [-0.1, -0.05) is 30.3 Å². The van der Waals surface area contributed by atoms with Crippen molar-refractivity contribution in [1.82, 2.24) is 5.32 Å². The van der Waals surface area contributed by atoms with Crippen LogP contribution in [0.5, 0.6) is 0 Å². The summed E-state index contributed by atoms with van der Waals surface area (Å²) in [5, 5.41) is 2.90. The number of carbonyl (C=O) groups is 1. The van der Waals surface area contributed by atoms with Crippen molar-refractivity contribution >= 4 is 5.91 Å². The molecular formula is C16H24N2O3. The third-order valence-electron chi connectivity index (χ3n) is 3.99. The van der Waals surface area contributed by atoms with Crippen molar-refractivity contribution in [3.8, 4) is 0 Å². The highest BCUT2D eigenvalue weighted by atomic mass is 16.5. The van der Waals surface area contributed by atoms with Gasteiger partial charge >= 0.3 is 0 Å². The largest absolute Gasteiger partial charge is 0.381 e. The molecule has 0 aliphatic carbocycles. The van der Waals surface area contributed by atoms with Gasteiger partial charge in [0.15, 0.2) is 0 Å². The van der Waals surface area contributed by atoms with Crippen molar-refractivity contribution in [3.63, 3.8) is 0 Å². The summed E-state index contributed by atoms with van der Waals surface area (Å²) in [6, 6.07) is 9.36. The van der Waals surface area contributed by atoms with E-state index in [0.717, 1.165) is 18.4 Å². The molecule has 21 heavy (non-hydrogen) atoms. The van der Waals surface area contributed by atoms with E-state index in [9.17, 15) is 4.79 Å². The lowest BCUT2D eigenvalue weighted by Gasteiger charge is -2.27. The molecule has 3 N–H and O–H groups in total. The molecule has 5 nitrogen and oxygen atoms in total. The van der Waals surface area contributed by atoms with Crippen LogP contribution in [0.1, 0.15) is 24.5 Å². The molecule has 0 radical (unpaired) electrons.